The fourth-order valence-electron chi connectivity index (χ4n) is 3.47. The summed E-state index contributed by atoms with van der Waals surface area (Å²) in [6.45, 7) is 1.68. The summed E-state index contributed by atoms with van der Waals surface area (Å²) in [6, 6.07) is 10.4. The predicted molar refractivity (Wildman–Crippen MR) is 125 cm³/mol. The Bertz CT molecular complexity index is 1200. The van der Waals surface area contributed by atoms with Crippen LogP contribution in [-0.4, -0.2) is 40.3 Å². The van der Waals surface area contributed by atoms with Crippen LogP contribution in [0.3, 0.4) is 0 Å². The summed E-state index contributed by atoms with van der Waals surface area (Å²) < 4.78 is 27.1. The molecular weight excluding hydrogens is 449 g/mol. The van der Waals surface area contributed by atoms with Gasteiger partial charge >= 0.3 is 7.82 Å². The zero-order valence-electron chi connectivity index (χ0n) is 18.5. The number of fused-ring (bicyclic) bond motifs is 2. The minimum absolute atomic E-state index is 0.182. The third kappa shape index (κ3) is 6.86. The number of aliphatic hydroxyl groups is 1. The van der Waals surface area contributed by atoms with Crippen LogP contribution in [0.4, 0.5) is 0 Å². The quantitative estimate of drug-likeness (QED) is 0.174. The molecule has 0 spiro atoms. The summed E-state index contributed by atoms with van der Waals surface area (Å²) in [5.41, 5.74) is 6.19. The maximum atomic E-state index is 13.2. The molecule has 0 aliphatic rings. The Balaban J connectivity index is 1.82. The molecule has 2 aromatic carbocycles. The van der Waals surface area contributed by atoms with Gasteiger partial charge in [-0.05, 0) is 55.2 Å². The predicted octanol–water partition coefficient (Wildman–Crippen LogP) is 3.25. The molecule has 0 radical (unpaired) electrons. The summed E-state index contributed by atoms with van der Waals surface area (Å²) in [6.07, 6.45) is 3.66. The van der Waals surface area contributed by atoms with Crippen LogP contribution < -0.4 is 15.9 Å². The number of rotatable bonds is 12. The molecule has 0 saturated heterocycles. The molecule has 1 atom stereocenters. The van der Waals surface area contributed by atoms with Crippen molar-refractivity contribution < 1.29 is 33.1 Å². The van der Waals surface area contributed by atoms with Gasteiger partial charge in [0.2, 0.25) is 5.43 Å². The first-order valence-corrected chi connectivity index (χ1v) is 12.4. The molecule has 180 valence electrons. The van der Waals surface area contributed by atoms with Crippen molar-refractivity contribution in [3.63, 3.8) is 0 Å². The van der Waals surface area contributed by atoms with E-state index in [1.54, 1.807) is 36.4 Å². The van der Waals surface area contributed by atoms with E-state index >= 15 is 0 Å². The highest BCUT2D eigenvalue weighted by Crippen LogP contribution is 2.37. The molecule has 0 aliphatic carbocycles. The number of aryl methyl sites for hydroxylation is 1. The Hall–Kier alpha value is -2.26. The molecule has 10 heteroatoms. The van der Waals surface area contributed by atoms with Crippen LogP contribution in [0.1, 0.15) is 38.2 Å². The van der Waals surface area contributed by atoms with Gasteiger partial charge in [0, 0.05) is 0 Å². The normalized spacial score (nSPS) is 14.0. The van der Waals surface area contributed by atoms with Crippen molar-refractivity contribution in [2.45, 2.75) is 44.6 Å². The number of aliphatic hydroxyl groups excluding tert-OH is 1. The van der Waals surface area contributed by atoms with E-state index in [-0.39, 0.29) is 11.8 Å². The molecule has 0 saturated carbocycles. The van der Waals surface area contributed by atoms with Crippen molar-refractivity contribution >= 4 is 29.8 Å². The van der Waals surface area contributed by atoms with Crippen LogP contribution in [-0.2, 0) is 15.5 Å². The van der Waals surface area contributed by atoms with E-state index in [1.807, 2.05) is 0 Å². The third-order valence-corrected chi connectivity index (χ3v) is 5.93. The second-order valence-electron chi connectivity index (χ2n) is 8.26. The fourth-order valence-corrected chi connectivity index (χ4v) is 3.90. The number of ether oxygens (including phenoxy) is 1. The van der Waals surface area contributed by atoms with E-state index in [0.717, 1.165) is 24.8 Å². The van der Waals surface area contributed by atoms with Crippen LogP contribution in [0.15, 0.2) is 45.6 Å². The summed E-state index contributed by atoms with van der Waals surface area (Å²) in [7, 11) is -4.70. The Kier molecular flexibility index (Phi) is 8.28. The molecular formula is C23H30NO8P. The molecule has 9 nitrogen and oxygen atoms in total. The highest BCUT2D eigenvalue weighted by molar-refractivity contribution is 7.46. The monoisotopic (exact) mass is 479 g/mol. The number of hydrogen-bond acceptors (Lipinski definition) is 7. The molecule has 0 amide bonds. The molecule has 1 unspecified atom stereocenters. The van der Waals surface area contributed by atoms with Gasteiger partial charge in [-0.25, -0.2) is 4.57 Å². The van der Waals surface area contributed by atoms with Gasteiger partial charge in [-0.3, -0.25) is 9.32 Å². The van der Waals surface area contributed by atoms with Gasteiger partial charge in [-0.15, -0.1) is 0 Å². The number of unbranched alkanes of at least 4 members (excludes halogenated alkanes) is 2. The second-order valence-corrected chi connectivity index (χ2v) is 9.50. The first-order valence-electron chi connectivity index (χ1n) is 10.9. The van der Waals surface area contributed by atoms with Crippen LogP contribution in [0.2, 0.25) is 0 Å². The largest absolute Gasteiger partial charge is 0.494 e. The molecule has 3 rings (SSSR count). The van der Waals surface area contributed by atoms with Crippen LogP contribution in [0, 0.1) is 0 Å². The van der Waals surface area contributed by atoms with Crippen molar-refractivity contribution in [3.05, 3.63) is 52.2 Å². The Morgan fingerprint density at radius 3 is 2.45 bits per heavy atom. The fraction of sp³-hybridized carbons (Fsp3) is 0.435. The van der Waals surface area contributed by atoms with E-state index in [1.165, 1.54) is 0 Å². The van der Waals surface area contributed by atoms with Crippen molar-refractivity contribution in [3.8, 4) is 5.75 Å². The molecule has 33 heavy (non-hydrogen) atoms. The lowest BCUT2D eigenvalue weighted by Crippen LogP contribution is -2.48. The van der Waals surface area contributed by atoms with Gasteiger partial charge in [-0.1, -0.05) is 25.8 Å². The Morgan fingerprint density at radius 2 is 1.79 bits per heavy atom. The topological polar surface area (TPSA) is 152 Å². The average molecular weight is 479 g/mol. The lowest BCUT2D eigenvalue weighted by Gasteiger charge is -2.27. The van der Waals surface area contributed by atoms with Crippen LogP contribution in [0.25, 0.3) is 21.9 Å². The third-order valence-electron chi connectivity index (χ3n) is 5.47. The molecule has 1 aromatic heterocycles. The molecule has 5 N–H and O–H groups in total. The molecule has 0 bridgehead atoms. The summed E-state index contributed by atoms with van der Waals surface area (Å²) >= 11 is 0. The maximum Gasteiger partial charge on any atom is 0.469 e. The number of nitrogens with two attached hydrogens (primary N) is 1. The number of phosphoric acid groups is 1. The first-order chi connectivity index (χ1) is 15.6. The van der Waals surface area contributed by atoms with Gasteiger partial charge in [0.05, 0.1) is 36.1 Å². The molecule has 1 heterocycles. The van der Waals surface area contributed by atoms with Crippen molar-refractivity contribution in [2.75, 3.05) is 19.8 Å². The van der Waals surface area contributed by atoms with Gasteiger partial charge in [0.25, 0.3) is 0 Å². The van der Waals surface area contributed by atoms with E-state index in [9.17, 15) is 14.5 Å². The summed E-state index contributed by atoms with van der Waals surface area (Å²) in [5.74, 6) is 0.613. The zero-order chi connectivity index (χ0) is 24.1. The van der Waals surface area contributed by atoms with E-state index in [0.29, 0.717) is 40.7 Å². The minimum atomic E-state index is -4.70. The average Bonchev–Trinajstić information content (AvgIpc) is 2.79. The number of hydrogen-bond donors (Lipinski definition) is 4. The van der Waals surface area contributed by atoms with Gasteiger partial charge in [0.15, 0.2) is 0 Å². The first kappa shape index (κ1) is 25.4. The molecule has 0 aliphatic heterocycles. The number of phosphoric ester groups is 1. The zero-order valence-corrected chi connectivity index (χ0v) is 19.4. The van der Waals surface area contributed by atoms with Crippen molar-refractivity contribution in [2.24, 2.45) is 5.73 Å². The Morgan fingerprint density at radius 1 is 1.09 bits per heavy atom. The lowest BCUT2D eigenvalue weighted by atomic mass is 9.93. The van der Waals surface area contributed by atoms with Crippen LogP contribution in [0.5, 0.6) is 5.75 Å². The molecule has 3 aromatic rings. The standard InChI is InChI=1S/C23H30NO8P/c1-2-3-4-11-30-17-6-8-21-19(13-17)22(26)18-12-16(5-7-20(18)32-21)9-10-23(24,14-25)15-31-33(27,28)29/h5-8,12-13,25H,2-4,9-11,14-15,24H2,1H3,(H2,27,28,29). The highest BCUT2D eigenvalue weighted by atomic mass is 31.2. The van der Waals surface area contributed by atoms with Crippen molar-refractivity contribution in [1.29, 1.82) is 0 Å². The minimum Gasteiger partial charge on any atom is -0.494 e. The van der Waals surface area contributed by atoms with Crippen molar-refractivity contribution in [1.82, 2.24) is 0 Å². The van der Waals surface area contributed by atoms with Gasteiger partial charge in [-0.2, -0.15) is 0 Å². The van der Waals surface area contributed by atoms with Crippen LogP contribution >= 0.6 is 7.82 Å². The smallest absolute Gasteiger partial charge is 0.469 e. The van der Waals surface area contributed by atoms with E-state index in [4.69, 9.17) is 24.7 Å². The second kappa shape index (κ2) is 10.8. The summed E-state index contributed by atoms with van der Waals surface area (Å²) in [5, 5.41) is 10.4. The lowest BCUT2D eigenvalue weighted by molar-refractivity contribution is 0.102. The SMILES string of the molecule is CCCCCOc1ccc2oc3ccc(CCC(N)(CO)COP(=O)(O)O)cc3c(=O)c2c1. The van der Waals surface area contributed by atoms with Gasteiger partial charge in [0.1, 0.15) is 16.9 Å². The van der Waals surface area contributed by atoms with E-state index in [2.05, 4.69) is 11.4 Å². The number of benzene rings is 2. The highest BCUT2D eigenvalue weighted by Gasteiger charge is 2.28. The molecule has 0 fully saturated rings. The van der Waals surface area contributed by atoms with Gasteiger partial charge < -0.3 is 29.8 Å². The maximum absolute atomic E-state index is 13.2. The Labute approximate surface area is 191 Å². The summed E-state index contributed by atoms with van der Waals surface area (Å²) in [4.78, 5) is 30.9. The van der Waals surface area contributed by atoms with E-state index < -0.39 is 26.6 Å².